The molecule has 2 N–H and O–H groups in total. The van der Waals surface area contributed by atoms with Crippen molar-refractivity contribution in [1.29, 1.82) is 0 Å². The van der Waals surface area contributed by atoms with Crippen molar-refractivity contribution in [2.75, 3.05) is 12.4 Å². The second-order valence-corrected chi connectivity index (χ2v) is 5.85. The molecule has 1 amide bonds. The Balaban J connectivity index is 1.94. The highest BCUT2D eigenvalue weighted by Crippen LogP contribution is 2.18. The van der Waals surface area contributed by atoms with Crippen LogP contribution in [0, 0.1) is 0 Å². The third-order valence-corrected chi connectivity index (χ3v) is 3.57. The van der Waals surface area contributed by atoms with E-state index >= 15 is 0 Å². The molecule has 0 bridgehead atoms. The average Bonchev–Trinajstić information content (AvgIpc) is 2.53. The summed E-state index contributed by atoms with van der Waals surface area (Å²) in [6, 6.07) is 14.9. The first-order chi connectivity index (χ1) is 11.1. The van der Waals surface area contributed by atoms with Gasteiger partial charge in [0.25, 0.3) is 0 Å². The van der Waals surface area contributed by atoms with Crippen LogP contribution >= 0.6 is 28.1 Å². The molecule has 4 nitrogen and oxygen atoms in total. The number of ether oxygens (including phenoxy) is 1. The third kappa shape index (κ3) is 5.50. The van der Waals surface area contributed by atoms with Gasteiger partial charge in [0.05, 0.1) is 7.11 Å². The van der Waals surface area contributed by atoms with E-state index in [0.29, 0.717) is 5.75 Å². The number of para-hydroxylation sites is 1. The highest BCUT2D eigenvalue weighted by atomic mass is 79.9. The number of benzene rings is 2. The zero-order valence-electron chi connectivity index (χ0n) is 12.4. The fourth-order valence-electron chi connectivity index (χ4n) is 1.85. The van der Waals surface area contributed by atoms with E-state index in [4.69, 9.17) is 17.0 Å². The number of nitrogens with one attached hydrogen (secondary N) is 2. The predicted octanol–water partition coefficient (Wildman–Crippen LogP) is 3.98. The minimum absolute atomic E-state index is 0.234. The van der Waals surface area contributed by atoms with Crippen LogP contribution in [-0.2, 0) is 4.79 Å². The van der Waals surface area contributed by atoms with E-state index < -0.39 is 0 Å². The lowest BCUT2D eigenvalue weighted by atomic mass is 10.2. The Hall–Kier alpha value is -2.18. The Kier molecular flexibility index (Phi) is 6.31. The number of thiocarbonyl (C=S) groups is 1. The van der Waals surface area contributed by atoms with Crippen molar-refractivity contribution in [2.45, 2.75) is 0 Å². The smallest absolute Gasteiger partial charge is 0.250 e. The topological polar surface area (TPSA) is 50.4 Å². The summed E-state index contributed by atoms with van der Waals surface area (Å²) in [4.78, 5) is 11.9. The quantitative estimate of drug-likeness (QED) is 0.612. The van der Waals surface area contributed by atoms with Gasteiger partial charge < -0.3 is 10.1 Å². The first kappa shape index (κ1) is 17.2. The molecule has 0 atom stereocenters. The molecule has 0 unspecified atom stereocenters. The summed E-state index contributed by atoms with van der Waals surface area (Å²) in [6.45, 7) is 0. The van der Waals surface area contributed by atoms with Crippen LogP contribution in [0.2, 0.25) is 0 Å². The molecule has 118 valence electrons. The maximum absolute atomic E-state index is 11.9. The van der Waals surface area contributed by atoms with Gasteiger partial charge in [-0.15, -0.1) is 0 Å². The summed E-state index contributed by atoms with van der Waals surface area (Å²) >= 11 is 8.49. The van der Waals surface area contributed by atoms with Crippen molar-refractivity contribution >= 4 is 50.9 Å². The van der Waals surface area contributed by atoms with Crippen molar-refractivity contribution in [1.82, 2.24) is 5.32 Å². The van der Waals surface area contributed by atoms with Gasteiger partial charge in [-0.1, -0.05) is 40.2 Å². The van der Waals surface area contributed by atoms with Gasteiger partial charge in [0, 0.05) is 21.8 Å². The van der Waals surface area contributed by atoms with Crippen molar-refractivity contribution in [2.24, 2.45) is 0 Å². The average molecular weight is 391 g/mol. The van der Waals surface area contributed by atoms with Gasteiger partial charge in [-0.25, -0.2) is 0 Å². The number of methoxy groups -OCH3 is 1. The van der Waals surface area contributed by atoms with Gasteiger partial charge in [-0.05, 0) is 42.6 Å². The summed E-state index contributed by atoms with van der Waals surface area (Å²) < 4.78 is 6.15. The standard InChI is InChI=1S/C17H15BrN2O2S/c1-22-15-8-3-2-5-12(15)9-10-16(21)20-17(23)19-14-7-4-6-13(18)11-14/h2-11H,1H3,(H2,19,20,21,23)/b10-9+. The van der Waals surface area contributed by atoms with Crippen molar-refractivity contribution in [3.05, 3.63) is 64.6 Å². The summed E-state index contributed by atoms with van der Waals surface area (Å²) in [5.41, 5.74) is 1.61. The normalized spacial score (nSPS) is 10.3. The second-order valence-electron chi connectivity index (χ2n) is 4.53. The molecule has 23 heavy (non-hydrogen) atoms. The molecule has 0 heterocycles. The maximum Gasteiger partial charge on any atom is 0.250 e. The number of anilines is 1. The molecule has 0 fully saturated rings. The number of carbonyl (C=O) groups is 1. The van der Waals surface area contributed by atoms with Gasteiger partial charge in [0.15, 0.2) is 5.11 Å². The van der Waals surface area contributed by atoms with Gasteiger partial charge in [0.2, 0.25) is 5.91 Å². The third-order valence-electron chi connectivity index (χ3n) is 2.87. The monoisotopic (exact) mass is 390 g/mol. The van der Waals surface area contributed by atoms with Crippen LogP contribution in [-0.4, -0.2) is 18.1 Å². The van der Waals surface area contributed by atoms with E-state index in [9.17, 15) is 4.79 Å². The van der Waals surface area contributed by atoms with Crippen LogP contribution in [0.25, 0.3) is 6.08 Å². The molecule has 2 aromatic carbocycles. The molecular formula is C17H15BrN2O2S. The Labute approximate surface area is 148 Å². The number of rotatable bonds is 4. The van der Waals surface area contributed by atoms with Gasteiger partial charge >= 0.3 is 0 Å². The Morgan fingerprint density at radius 3 is 2.74 bits per heavy atom. The minimum atomic E-state index is -0.316. The van der Waals surface area contributed by atoms with Crippen LogP contribution in [0.15, 0.2) is 59.1 Å². The molecule has 0 aliphatic heterocycles. The highest BCUT2D eigenvalue weighted by molar-refractivity contribution is 9.10. The number of hydrogen-bond acceptors (Lipinski definition) is 3. The van der Waals surface area contributed by atoms with Gasteiger partial charge in [0.1, 0.15) is 5.75 Å². The lowest BCUT2D eigenvalue weighted by Crippen LogP contribution is -2.32. The fraction of sp³-hybridized carbons (Fsp3) is 0.0588. The van der Waals surface area contributed by atoms with Crippen LogP contribution in [0.5, 0.6) is 5.75 Å². The Morgan fingerprint density at radius 2 is 2.00 bits per heavy atom. The SMILES string of the molecule is COc1ccccc1/C=C/C(=O)NC(=S)Nc1cccc(Br)c1. The van der Waals surface area contributed by atoms with E-state index in [0.717, 1.165) is 15.7 Å². The lowest BCUT2D eigenvalue weighted by Gasteiger charge is -2.08. The summed E-state index contributed by atoms with van der Waals surface area (Å²) in [7, 11) is 1.59. The number of carbonyl (C=O) groups excluding carboxylic acids is 1. The lowest BCUT2D eigenvalue weighted by molar-refractivity contribution is -0.115. The van der Waals surface area contributed by atoms with E-state index in [-0.39, 0.29) is 11.0 Å². The van der Waals surface area contributed by atoms with Gasteiger partial charge in [-0.2, -0.15) is 0 Å². The van der Waals surface area contributed by atoms with Crippen LogP contribution in [0.4, 0.5) is 5.69 Å². The first-order valence-corrected chi connectivity index (χ1v) is 7.97. The number of hydrogen-bond donors (Lipinski definition) is 2. The molecule has 0 aliphatic carbocycles. The van der Waals surface area contributed by atoms with Gasteiger partial charge in [-0.3, -0.25) is 10.1 Å². The molecule has 6 heteroatoms. The minimum Gasteiger partial charge on any atom is -0.496 e. The van der Waals surface area contributed by atoms with E-state index in [1.807, 2.05) is 48.5 Å². The van der Waals surface area contributed by atoms with Crippen LogP contribution in [0.3, 0.4) is 0 Å². The zero-order valence-corrected chi connectivity index (χ0v) is 14.8. The van der Waals surface area contributed by atoms with E-state index in [1.54, 1.807) is 13.2 Å². The molecule has 2 aromatic rings. The molecule has 0 saturated heterocycles. The summed E-state index contributed by atoms with van der Waals surface area (Å²) in [5.74, 6) is 0.384. The second kappa shape index (κ2) is 8.45. The molecule has 0 radical (unpaired) electrons. The van der Waals surface area contributed by atoms with Crippen molar-refractivity contribution < 1.29 is 9.53 Å². The predicted molar refractivity (Wildman–Crippen MR) is 101 cm³/mol. The number of amides is 1. The first-order valence-electron chi connectivity index (χ1n) is 6.77. The zero-order chi connectivity index (χ0) is 16.7. The highest BCUT2D eigenvalue weighted by Gasteiger charge is 2.03. The van der Waals surface area contributed by atoms with E-state index in [1.165, 1.54) is 6.08 Å². The van der Waals surface area contributed by atoms with Crippen molar-refractivity contribution in [3.63, 3.8) is 0 Å². The summed E-state index contributed by atoms with van der Waals surface area (Å²) in [6.07, 6.45) is 3.09. The maximum atomic E-state index is 11.9. The van der Waals surface area contributed by atoms with Crippen LogP contribution < -0.4 is 15.4 Å². The molecule has 0 aliphatic rings. The molecule has 0 spiro atoms. The fourth-order valence-corrected chi connectivity index (χ4v) is 2.47. The molecule has 0 aromatic heterocycles. The molecule has 2 rings (SSSR count). The Morgan fingerprint density at radius 1 is 1.22 bits per heavy atom. The molecule has 0 saturated carbocycles. The van der Waals surface area contributed by atoms with Crippen molar-refractivity contribution in [3.8, 4) is 5.75 Å². The summed E-state index contributed by atoms with van der Waals surface area (Å²) in [5, 5.41) is 5.77. The van der Waals surface area contributed by atoms with Crippen LogP contribution in [0.1, 0.15) is 5.56 Å². The van der Waals surface area contributed by atoms with E-state index in [2.05, 4.69) is 26.6 Å². The molecular weight excluding hydrogens is 376 g/mol. The number of halogens is 1. The Bertz CT molecular complexity index is 747. The largest absolute Gasteiger partial charge is 0.496 e.